The second-order valence-corrected chi connectivity index (χ2v) is 5.99. The van der Waals surface area contributed by atoms with Gasteiger partial charge in [0.2, 0.25) is 11.8 Å². The molecule has 0 spiro atoms. The number of rotatable bonds is 4. The van der Waals surface area contributed by atoms with Crippen LogP contribution in [0, 0.1) is 5.92 Å². The van der Waals surface area contributed by atoms with Crippen molar-refractivity contribution < 1.29 is 14.0 Å². The number of nitrogens with one attached hydrogen (secondary N) is 2. The molecule has 4 rings (SSSR count). The van der Waals surface area contributed by atoms with Gasteiger partial charge in [-0.25, -0.2) is 4.98 Å². The van der Waals surface area contributed by atoms with Crippen LogP contribution in [0.3, 0.4) is 0 Å². The maximum absolute atomic E-state index is 12.5. The second kappa shape index (κ2) is 6.04. The first-order valence-corrected chi connectivity index (χ1v) is 8.13. The quantitative estimate of drug-likeness (QED) is 0.757. The molecule has 3 heterocycles. The van der Waals surface area contributed by atoms with Gasteiger partial charge in [-0.05, 0) is 18.2 Å². The molecule has 1 saturated heterocycles. The lowest BCUT2D eigenvalue weighted by molar-refractivity contribution is -0.122. The minimum Gasteiger partial charge on any atom is -0.441 e. The number of hydrogen-bond acceptors (Lipinski definition) is 5. The smallest absolute Gasteiger partial charge is 0.229 e. The van der Waals surface area contributed by atoms with E-state index in [0.717, 1.165) is 0 Å². The summed E-state index contributed by atoms with van der Waals surface area (Å²) in [5.41, 5.74) is 2.72. The molecule has 1 atom stereocenters. The standard InChI is InChI=1S/C17H17N5O3/c1-2-15-21-13-6-11(3-4-14(13)25-15)20-17(24)10-5-16(23)22(9-10)12-7-18-19-8-12/h3-4,6-8,10H,2,5,9H2,1H3,(H,18,19)(H,20,24)/t10-/m1/s1. The molecule has 0 aliphatic carbocycles. The maximum Gasteiger partial charge on any atom is 0.229 e. The lowest BCUT2D eigenvalue weighted by Crippen LogP contribution is -2.27. The fourth-order valence-corrected chi connectivity index (χ4v) is 2.97. The number of H-pyrrole nitrogens is 1. The first kappa shape index (κ1) is 15.4. The zero-order valence-corrected chi connectivity index (χ0v) is 13.7. The van der Waals surface area contributed by atoms with Crippen molar-refractivity contribution in [2.24, 2.45) is 5.92 Å². The topological polar surface area (TPSA) is 104 Å². The number of hydrogen-bond donors (Lipinski definition) is 2. The number of aryl methyl sites for hydroxylation is 1. The van der Waals surface area contributed by atoms with Crippen LogP contribution in [-0.4, -0.2) is 33.5 Å². The number of carbonyl (C=O) groups excluding carboxylic acids is 2. The molecule has 1 aliphatic rings. The van der Waals surface area contributed by atoms with Gasteiger partial charge in [0.05, 0.1) is 17.8 Å². The third kappa shape index (κ3) is 2.86. The van der Waals surface area contributed by atoms with Crippen LogP contribution in [0.25, 0.3) is 11.1 Å². The van der Waals surface area contributed by atoms with Crippen molar-refractivity contribution in [2.75, 3.05) is 16.8 Å². The van der Waals surface area contributed by atoms with E-state index in [1.807, 2.05) is 6.92 Å². The molecule has 3 aromatic rings. The highest BCUT2D eigenvalue weighted by atomic mass is 16.3. The number of nitrogens with zero attached hydrogens (tertiary/aromatic N) is 3. The van der Waals surface area contributed by atoms with Crippen LogP contribution in [0.5, 0.6) is 0 Å². The highest BCUT2D eigenvalue weighted by molar-refractivity contribution is 6.03. The van der Waals surface area contributed by atoms with E-state index < -0.39 is 5.92 Å². The minimum atomic E-state index is -0.401. The largest absolute Gasteiger partial charge is 0.441 e. The Morgan fingerprint density at radius 2 is 2.36 bits per heavy atom. The van der Waals surface area contributed by atoms with Gasteiger partial charge in [-0.3, -0.25) is 14.7 Å². The average Bonchev–Trinajstić information content (AvgIpc) is 3.32. The van der Waals surface area contributed by atoms with E-state index in [1.165, 1.54) is 0 Å². The lowest BCUT2D eigenvalue weighted by Gasteiger charge is -2.14. The fourth-order valence-electron chi connectivity index (χ4n) is 2.97. The fraction of sp³-hybridized carbons (Fsp3) is 0.294. The molecular formula is C17H17N5O3. The summed E-state index contributed by atoms with van der Waals surface area (Å²) in [6.07, 6.45) is 4.11. The third-order valence-electron chi connectivity index (χ3n) is 4.29. The van der Waals surface area contributed by atoms with Crippen LogP contribution < -0.4 is 10.2 Å². The van der Waals surface area contributed by atoms with Gasteiger partial charge in [-0.1, -0.05) is 6.92 Å². The van der Waals surface area contributed by atoms with Crippen molar-refractivity contribution in [1.29, 1.82) is 0 Å². The Labute approximate surface area is 143 Å². The first-order chi connectivity index (χ1) is 12.1. The molecule has 1 fully saturated rings. The van der Waals surface area contributed by atoms with E-state index in [2.05, 4.69) is 20.5 Å². The Bertz CT molecular complexity index is 931. The van der Waals surface area contributed by atoms with Crippen molar-refractivity contribution in [3.63, 3.8) is 0 Å². The summed E-state index contributed by atoms with van der Waals surface area (Å²) in [6.45, 7) is 2.31. The molecule has 1 aliphatic heterocycles. The molecule has 128 valence electrons. The minimum absolute atomic E-state index is 0.0823. The zero-order chi connectivity index (χ0) is 17.4. The Hall–Kier alpha value is -3.16. The molecule has 0 radical (unpaired) electrons. The van der Waals surface area contributed by atoms with Gasteiger partial charge in [0.1, 0.15) is 5.52 Å². The van der Waals surface area contributed by atoms with Crippen LogP contribution in [0.15, 0.2) is 35.0 Å². The van der Waals surface area contributed by atoms with Crippen LogP contribution in [0.2, 0.25) is 0 Å². The molecule has 2 aromatic heterocycles. The van der Waals surface area contributed by atoms with E-state index in [4.69, 9.17) is 4.42 Å². The molecule has 2 amide bonds. The van der Waals surface area contributed by atoms with Gasteiger partial charge in [-0.15, -0.1) is 0 Å². The van der Waals surface area contributed by atoms with E-state index in [9.17, 15) is 9.59 Å². The van der Waals surface area contributed by atoms with Gasteiger partial charge in [0, 0.05) is 31.3 Å². The summed E-state index contributed by atoms with van der Waals surface area (Å²) >= 11 is 0. The number of anilines is 2. The van der Waals surface area contributed by atoms with Gasteiger partial charge in [0.25, 0.3) is 0 Å². The Kier molecular flexibility index (Phi) is 3.72. The van der Waals surface area contributed by atoms with Crippen LogP contribution in [-0.2, 0) is 16.0 Å². The number of carbonyl (C=O) groups is 2. The van der Waals surface area contributed by atoms with Crippen molar-refractivity contribution >= 4 is 34.3 Å². The zero-order valence-electron chi connectivity index (χ0n) is 13.7. The molecule has 1 aromatic carbocycles. The summed E-state index contributed by atoms with van der Waals surface area (Å²) in [7, 11) is 0. The van der Waals surface area contributed by atoms with Gasteiger partial charge in [-0.2, -0.15) is 5.10 Å². The SMILES string of the molecule is CCc1nc2cc(NC(=O)[C@@H]3CC(=O)N(c4cn[nH]c4)C3)ccc2o1. The molecule has 2 N–H and O–H groups in total. The van der Waals surface area contributed by atoms with Crippen molar-refractivity contribution in [1.82, 2.24) is 15.2 Å². The highest BCUT2D eigenvalue weighted by Gasteiger charge is 2.35. The Balaban J connectivity index is 1.48. The van der Waals surface area contributed by atoms with Crippen molar-refractivity contribution in [3.8, 4) is 0 Å². The van der Waals surface area contributed by atoms with Gasteiger partial charge >= 0.3 is 0 Å². The van der Waals surface area contributed by atoms with E-state index >= 15 is 0 Å². The summed E-state index contributed by atoms with van der Waals surface area (Å²) in [4.78, 5) is 30.6. The summed E-state index contributed by atoms with van der Waals surface area (Å²) in [6, 6.07) is 5.34. The second-order valence-electron chi connectivity index (χ2n) is 5.99. The number of fused-ring (bicyclic) bond motifs is 1. The van der Waals surface area contributed by atoms with Crippen LogP contribution >= 0.6 is 0 Å². The van der Waals surface area contributed by atoms with Crippen molar-refractivity contribution in [3.05, 3.63) is 36.5 Å². The normalized spacial score (nSPS) is 17.4. The molecule has 8 heteroatoms. The van der Waals surface area contributed by atoms with Crippen LogP contribution in [0.4, 0.5) is 11.4 Å². The molecule has 0 unspecified atom stereocenters. The van der Waals surface area contributed by atoms with E-state index in [0.29, 0.717) is 41.3 Å². The molecule has 8 nitrogen and oxygen atoms in total. The van der Waals surface area contributed by atoms with Crippen molar-refractivity contribution in [2.45, 2.75) is 19.8 Å². The molecule has 0 bridgehead atoms. The van der Waals surface area contributed by atoms with E-state index in [1.54, 1.807) is 35.5 Å². The molecule has 25 heavy (non-hydrogen) atoms. The number of oxazole rings is 1. The lowest BCUT2D eigenvalue weighted by atomic mass is 10.1. The predicted molar refractivity (Wildman–Crippen MR) is 91.1 cm³/mol. The number of aromatic amines is 1. The maximum atomic E-state index is 12.5. The van der Waals surface area contributed by atoms with E-state index in [-0.39, 0.29) is 18.2 Å². The number of aromatic nitrogens is 3. The third-order valence-corrected chi connectivity index (χ3v) is 4.29. The van der Waals surface area contributed by atoms with Gasteiger partial charge < -0.3 is 14.6 Å². The van der Waals surface area contributed by atoms with Gasteiger partial charge in [0.15, 0.2) is 11.5 Å². The highest BCUT2D eigenvalue weighted by Crippen LogP contribution is 2.26. The number of benzene rings is 1. The molecular weight excluding hydrogens is 322 g/mol. The first-order valence-electron chi connectivity index (χ1n) is 8.13. The van der Waals surface area contributed by atoms with Crippen LogP contribution in [0.1, 0.15) is 19.2 Å². The Morgan fingerprint density at radius 1 is 1.48 bits per heavy atom. The summed E-state index contributed by atoms with van der Waals surface area (Å²) in [5, 5.41) is 9.38. The monoisotopic (exact) mass is 339 g/mol. The number of amides is 2. The Morgan fingerprint density at radius 3 is 3.12 bits per heavy atom. The molecule has 0 saturated carbocycles. The predicted octanol–water partition coefficient (Wildman–Crippen LogP) is 2.10. The average molecular weight is 339 g/mol. The summed E-state index contributed by atoms with van der Waals surface area (Å²) in [5.74, 6) is -0.00350. The summed E-state index contributed by atoms with van der Waals surface area (Å²) < 4.78 is 5.56.